The van der Waals surface area contributed by atoms with E-state index in [1.165, 1.54) is 0 Å². The Hall–Kier alpha value is -9.80. The topological polar surface area (TPSA) is 829 Å². The van der Waals surface area contributed by atoms with E-state index in [9.17, 15) is 126 Å². The molecule has 0 unspecified atom stereocenters. The number of rotatable bonds is 68. The van der Waals surface area contributed by atoms with Crippen LogP contribution in [-0.2, 0) is 105 Å². The predicted octanol–water partition coefficient (Wildman–Crippen LogP) is -10.1. The van der Waals surface area contributed by atoms with Gasteiger partial charge in [0.05, 0.1) is 38.4 Å². The van der Waals surface area contributed by atoms with Crippen molar-refractivity contribution in [1.82, 2.24) is 95.7 Å². The van der Waals surface area contributed by atoms with Crippen molar-refractivity contribution in [3.05, 3.63) is 0 Å². The van der Waals surface area contributed by atoms with Crippen molar-refractivity contribution in [2.45, 2.75) is 269 Å². The van der Waals surface area contributed by atoms with Crippen molar-refractivity contribution < 1.29 is 126 Å². The van der Waals surface area contributed by atoms with Crippen LogP contribution < -0.4 is 130 Å². The monoisotopic (exact) mass is 2080 g/mol. The number of carboxylic acid groups (broad SMARTS) is 2. The van der Waals surface area contributed by atoms with E-state index in [1.807, 2.05) is 0 Å². The van der Waals surface area contributed by atoms with Crippen LogP contribution in [0, 0.1) is 35.5 Å². The largest absolute Gasteiger partial charge is 0.480 e. The minimum absolute atomic E-state index is 0.0147. The number of hydrogen-bond acceptors (Lipinski definition) is 34. The Bertz CT molecular complexity index is 3770. The summed E-state index contributed by atoms with van der Waals surface area (Å²) in [5, 5.41) is 82.8. The number of carbonyl (C=O) groups is 22. The molecule has 50 nitrogen and oxygen atoms in total. The maximum Gasteiger partial charge on any atom is 0.327 e. The van der Waals surface area contributed by atoms with Crippen LogP contribution in [0.15, 0.2) is 0 Å². The van der Waals surface area contributed by atoms with Gasteiger partial charge in [-0.2, -0.15) is 75.8 Å². The average Bonchev–Trinajstić information content (AvgIpc) is 0.846. The summed E-state index contributed by atoms with van der Waals surface area (Å²) in [5.41, 5.74) is 33.3. The number of primary amides is 2. The Morgan fingerprint density at radius 2 is 0.486 bits per heavy atom. The van der Waals surface area contributed by atoms with Gasteiger partial charge in [-0.25, -0.2) is 9.59 Å². The van der Waals surface area contributed by atoms with E-state index in [-0.39, 0.29) is 111 Å². The smallest absolute Gasteiger partial charge is 0.327 e. The van der Waals surface area contributed by atoms with Crippen LogP contribution in [0.4, 0.5) is 0 Å². The third kappa shape index (κ3) is 51.4. The van der Waals surface area contributed by atoms with Crippen LogP contribution in [0.3, 0.4) is 0 Å². The normalized spacial score (nSPS) is 15.1. The molecule has 0 aromatic carbocycles. The zero-order valence-corrected chi connectivity index (χ0v) is 85.1. The molecule has 0 saturated carbocycles. The Balaban J connectivity index is 0. The molecule has 0 aliphatic rings. The van der Waals surface area contributed by atoms with Gasteiger partial charge in [0.15, 0.2) is 0 Å². The second-order valence-corrected chi connectivity index (χ2v) is 36.6. The van der Waals surface area contributed by atoms with E-state index in [0.29, 0.717) is 25.7 Å². The minimum atomic E-state index is -1.66. The number of amides is 20. The minimum Gasteiger partial charge on any atom is -0.480 e. The molecule has 18 atom stereocenters. The summed E-state index contributed by atoms with van der Waals surface area (Å²) < 4.78 is 0. The van der Waals surface area contributed by atoms with E-state index in [2.05, 4.69) is 171 Å². The van der Waals surface area contributed by atoms with Crippen molar-refractivity contribution >= 4 is 206 Å². The van der Waals surface area contributed by atoms with Gasteiger partial charge in [-0.05, 0) is 113 Å². The molecule has 138 heavy (non-hydrogen) atoms. The SMILES string of the molecule is CC(C)C[C@H](NC(=O)[C@H](CCC(N)=O)NC(=O)CNC(=O)[C@H](CCCCN)NC(=O)[C@H](CO)NC(=O)[C@@H](NC(=O)[C@H](CS)NC(=O)[C@@H](NC(=O)[C@@H](N)CS)C(C)C)C(C)C)C(=O)N[C@@H](CS)C(=O)O.CC(C)C[C@H](NC(=O)[C@H](CCC(N)=O)NC(=O)CNC(=O)[C@H](CCCCN)NC(=O)[C@H](CO)NC(=O)[C@@H](NC(=O)[C@H](CS)NC(=O)[C@@H](NC(=O)[C@@H](N)CS)C(C)C)C(C)C)C(=O)N[C@@H](CS)C(=O)O. The highest BCUT2D eigenvalue weighted by Gasteiger charge is 2.40. The summed E-state index contributed by atoms with van der Waals surface area (Å²) in [7, 11) is 0. The molecule has 0 radical (unpaired) electrons. The van der Waals surface area contributed by atoms with Crippen molar-refractivity contribution in [2.75, 3.05) is 73.9 Å². The first-order valence-electron chi connectivity index (χ1n) is 44.8. The Labute approximate surface area is 835 Å². The second kappa shape index (κ2) is 69.9. The number of aliphatic hydroxyl groups excluding tert-OH is 2. The number of carbonyl (C=O) groups excluding carboxylic acids is 20. The molecule has 0 bridgehead atoms. The molecule has 0 aromatic heterocycles. The van der Waals surface area contributed by atoms with E-state index in [1.54, 1.807) is 83.1 Å². The fourth-order valence-corrected chi connectivity index (χ4v) is 13.6. The number of hydrogen-bond donors (Lipinski definition) is 34. The van der Waals surface area contributed by atoms with Crippen LogP contribution in [0.25, 0.3) is 0 Å². The number of thiol groups is 6. The van der Waals surface area contributed by atoms with E-state index in [4.69, 9.17) is 34.4 Å². The van der Waals surface area contributed by atoms with Crippen LogP contribution in [0.2, 0.25) is 0 Å². The summed E-state index contributed by atoms with van der Waals surface area (Å²) in [6.45, 7) is 16.9. The third-order valence-corrected chi connectivity index (χ3v) is 22.5. The third-order valence-electron chi connectivity index (χ3n) is 20.3. The molecule has 0 spiro atoms. The van der Waals surface area contributed by atoms with Crippen LogP contribution in [0.5, 0.6) is 0 Å². The molecule has 0 aromatic rings. The molecule has 56 heteroatoms. The Morgan fingerprint density at radius 1 is 0.261 bits per heavy atom. The summed E-state index contributed by atoms with van der Waals surface area (Å²) in [6.07, 6.45) is 0.115. The Morgan fingerprint density at radius 3 is 0.717 bits per heavy atom. The number of nitrogens with two attached hydrogens (primary N) is 6. The molecule has 0 aliphatic carbocycles. The molecule has 20 amide bonds. The summed E-state index contributed by atoms with van der Waals surface area (Å²) in [6, 6.07) is -23.6. The maximum atomic E-state index is 13.6. The standard InChI is InChI=1S/2C41H74N12O13S3/c2*1-19(2)13-25(36(60)51-28(18-69)41(65)66)48-35(59)24(10-11-29(44)55)46-30(56)14-45-34(58)23(9-7-8-12-42)47-37(61)26(15-54)49-39(63)32(21(5)6)53-38(62)27(17-68)50-40(64)31(20(3)4)52-33(57)22(43)16-67/h2*19-28,31-32,54,67-69H,7-18,42-43H2,1-6H3,(H2,44,55)(H,45,58)(H,46,56)(H,47,61)(H,48,59)(H,49,63)(H,50,64)(H,51,60)(H,52,57)(H,53,62)(H,65,66)/t2*22-,23-,24-,25-,26-,27-,28-,31-,32-/m00/s1. The molecule has 0 aliphatic heterocycles. The highest BCUT2D eigenvalue weighted by Crippen LogP contribution is 2.15. The lowest BCUT2D eigenvalue weighted by molar-refractivity contribution is -0.142. The van der Waals surface area contributed by atoms with Crippen LogP contribution in [-0.4, -0.2) is 333 Å². The van der Waals surface area contributed by atoms with Gasteiger partial charge in [0.1, 0.15) is 96.7 Å². The highest BCUT2D eigenvalue weighted by molar-refractivity contribution is 7.81. The van der Waals surface area contributed by atoms with E-state index in [0.717, 1.165) is 0 Å². The second-order valence-electron chi connectivity index (χ2n) is 34.4. The summed E-state index contributed by atoms with van der Waals surface area (Å²) in [4.78, 5) is 284. The van der Waals surface area contributed by atoms with Gasteiger partial charge in [0.25, 0.3) is 0 Å². The summed E-state index contributed by atoms with van der Waals surface area (Å²) >= 11 is 24.2. The van der Waals surface area contributed by atoms with E-state index < -0.39 is 289 Å². The molecule has 0 heterocycles. The lowest BCUT2D eigenvalue weighted by atomic mass is 10.0. The first-order chi connectivity index (χ1) is 64.5. The first-order valence-corrected chi connectivity index (χ1v) is 48.6. The quantitative estimate of drug-likeness (QED) is 0.0199. The molecular weight excluding hydrogens is 1930 g/mol. The van der Waals surface area contributed by atoms with Crippen molar-refractivity contribution in [1.29, 1.82) is 0 Å². The zero-order chi connectivity index (χ0) is 106. The van der Waals surface area contributed by atoms with Gasteiger partial charge < -0.3 is 151 Å². The number of nitrogens with one attached hydrogen (secondary N) is 18. The molecular formula is C82H148N24O26S6. The molecule has 34 N–H and O–H groups in total. The lowest BCUT2D eigenvalue weighted by Gasteiger charge is -2.28. The average molecular weight is 2080 g/mol. The van der Waals surface area contributed by atoms with Gasteiger partial charge in [0, 0.05) is 47.4 Å². The first kappa shape index (κ1) is 130. The molecule has 0 fully saturated rings. The van der Waals surface area contributed by atoms with Gasteiger partial charge in [-0.1, -0.05) is 83.1 Å². The summed E-state index contributed by atoms with van der Waals surface area (Å²) in [5.74, 6) is -23.1. The van der Waals surface area contributed by atoms with Gasteiger partial charge in [-0.15, -0.1) is 0 Å². The molecule has 0 saturated heterocycles. The Kier molecular flexibility index (Phi) is 66.0. The van der Waals surface area contributed by atoms with Gasteiger partial charge >= 0.3 is 11.9 Å². The van der Waals surface area contributed by atoms with Gasteiger partial charge in [-0.3, -0.25) is 95.9 Å². The van der Waals surface area contributed by atoms with Crippen molar-refractivity contribution in [2.24, 2.45) is 69.9 Å². The predicted molar refractivity (Wildman–Crippen MR) is 526 cm³/mol. The lowest BCUT2D eigenvalue weighted by Crippen LogP contribution is -2.61. The fourth-order valence-electron chi connectivity index (χ4n) is 12.3. The maximum absolute atomic E-state index is 13.6. The number of aliphatic carboxylic acids is 2. The number of carboxylic acids is 2. The van der Waals surface area contributed by atoms with Crippen LogP contribution >= 0.6 is 75.8 Å². The number of unbranched alkanes of at least 4 members (excludes halogenated alkanes) is 2. The van der Waals surface area contributed by atoms with Crippen LogP contribution in [0.1, 0.15) is 160 Å². The van der Waals surface area contributed by atoms with Crippen molar-refractivity contribution in [3.63, 3.8) is 0 Å². The van der Waals surface area contributed by atoms with E-state index >= 15 is 0 Å². The molecule has 0 rings (SSSR count). The molecule has 788 valence electrons. The number of aliphatic hydroxyl groups is 2. The van der Waals surface area contributed by atoms with Gasteiger partial charge in [0.2, 0.25) is 118 Å². The zero-order valence-electron chi connectivity index (χ0n) is 79.7. The highest BCUT2D eigenvalue weighted by atomic mass is 32.1. The van der Waals surface area contributed by atoms with Crippen molar-refractivity contribution in [3.8, 4) is 0 Å². The fraction of sp³-hybridized carbons (Fsp3) is 0.732.